The van der Waals surface area contributed by atoms with E-state index in [2.05, 4.69) is 6.07 Å². The van der Waals surface area contributed by atoms with Crippen molar-refractivity contribution in [3.63, 3.8) is 0 Å². The molecule has 0 spiro atoms. The Bertz CT molecular complexity index is 784. The molecule has 120 valence electrons. The third kappa shape index (κ3) is 3.06. The van der Waals surface area contributed by atoms with Crippen LogP contribution in [0.3, 0.4) is 0 Å². The molecule has 0 amide bonds. The second kappa shape index (κ2) is 6.24. The quantitative estimate of drug-likeness (QED) is 0.904. The summed E-state index contributed by atoms with van der Waals surface area (Å²) in [7, 11) is 0. The van der Waals surface area contributed by atoms with E-state index in [0.717, 1.165) is 22.6 Å². The van der Waals surface area contributed by atoms with Gasteiger partial charge in [-0.15, -0.1) is 11.3 Å². The molecule has 3 rings (SSSR count). The van der Waals surface area contributed by atoms with Crippen molar-refractivity contribution in [2.24, 2.45) is 0 Å². The van der Waals surface area contributed by atoms with E-state index < -0.39 is 17.7 Å². The third-order valence-electron chi connectivity index (χ3n) is 4.03. The molecule has 2 aromatic rings. The standard InChI is InChI=1S/C16H15F2N3OS/c17-12-2-1-9(5-13(12)18)14(22)7-21-4-3-10-11(6-19)16(20)23-15(10)8-21/h1-2,5,14,22H,3-4,7-8,20H2. The van der Waals surface area contributed by atoms with E-state index in [1.54, 1.807) is 0 Å². The Morgan fingerprint density at radius 3 is 2.87 bits per heavy atom. The number of nitrogen functional groups attached to an aromatic ring is 1. The predicted molar refractivity (Wildman–Crippen MR) is 83.7 cm³/mol. The van der Waals surface area contributed by atoms with Gasteiger partial charge in [-0.2, -0.15) is 5.26 Å². The highest BCUT2D eigenvalue weighted by molar-refractivity contribution is 7.16. The maximum Gasteiger partial charge on any atom is 0.159 e. The highest BCUT2D eigenvalue weighted by Gasteiger charge is 2.25. The van der Waals surface area contributed by atoms with Crippen molar-refractivity contribution in [1.82, 2.24) is 4.90 Å². The first-order valence-corrected chi connectivity index (χ1v) is 7.96. The molecule has 0 saturated carbocycles. The summed E-state index contributed by atoms with van der Waals surface area (Å²) in [6.45, 7) is 1.58. The zero-order valence-corrected chi connectivity index (χ0v) is 13.0. The minimum Gasteiger partial charge on any atom is -0.389 e. The molecule has 1 aliphatic heterocycles. The summed E-state index contributed by atoms with van der Waals surface area (Å²) < 4.78 is 26.2. The molecule has 0 aliphatic carbocycles. The lowest BCUT2D eigenvalue weighted by atomic mass is 10.0. The predicted octanol–water partition coefficient (Wildman–Crippen LogP) is 2.57. The first-order valence-electron chi connectivity index (χ1n) is 7.15. The zero-order chi connectivity index (χ0) is 16.6. The molecule has 1 unspecified atom stereocenters. The summed E-state index contributed by atoms with van der Waals surface area (Å²) in [4.78, 5) is 3.05. The molecule has 0 radical (unpaired) electrons. The third-order valence-corrected chi connectivity index (χ3v) is 5.08. The van der Waals surface area contributed by atoms with Crippen molar-refractivity contribution in [2.45, 2.75) is 19.1 Å². The number of anilines is 1. The molecule has 0 fully saturated rings. The van der Waals surface area contributed by atoms with Crippen molar-refractivity contribution < 1.29 is 13.9 Å². The van der Waals surface area contributed by atoms with Crippen LogP contribution in [0, 0.1) is 23.0 Å². The fraction of sp³-hybridized carbons (Fsp3) is 0.312. The number of hydrogen-bond acceptors (Lipinski definition) is 5. The molecular weight excluding hydrogens is 320 g/mol. The Kier molecular flexibility index (Phi) is 4.31. The summed E-state index contributed by atoms with van der Waals surface area (Å²) in [5.41, 5.74) is 7.75. The SMILES string of the molecule is N#Cc1c(N)sc2c1CCN(CC(O)c1ccc(F)c(F)c1)C2. The maximum atomic E-state index is 13.3. The summed E-state index contributed by atoms with van der Waals surface area (Å²) >= 11 is 1.39. The first-order chi connectivity index (χ1) is 11.0. The fourth-order valence-corrected chi connectivity index (χ4v) is 3.94. The summed E-state index contributed by atoms with van der Waals surface area (Å²) in [6.07, 6.45) is -0.212. The zero-order valence-electron chi connectivity index (χ0n) is 12.2. The van der Waals surface area contributed by atoms with Gasteiger partial charge in [0.1, 0.15) is 11.1 Å². The molecule has 1 atom stereocenters. The van der Waals surface area contributed by atoms with Crippen LogP contribution in [0.15, 0.2) is 18.2 Å². The van der Waals surface area contributed by atoms with E-state index in [0.29, 0.717) is 42.2 Å². The second-order valence-corrected chi connectivity index (χ2v) is 6.67. The number of fused-ring (bicyclic) bond motifs is 1. The Morgan fingerprint density at radius 1 is 1.39 bits per heavy atom. The number of nitrogens with two attached hydrogens (primary N) is 1. The average Bonchev–Trinajstić information content (AvgIpc) is 2.84. The summed E-state index contributed by atoms with van der Waals surface area (Å²) in [5.74, 6) is -1.89. The lowest BCUT2D eigenvalue weighted by Gasteiger charge is -2.28. The number of nitriles is 1. The van der Waals surface area contributed by atoms with Gasteiger partial charge in [-0.05, 0) is 29.7 Å². The molecule has 4 nitrogen and oxygen atoms in total. The molecule has 0 saturated heterocycles. The average molecular weight is 335 g/mol. The van der Waals surface area contributed by atoms with Crippen LogP contribution >= 0.6 is 11.3 Å². The van der Waals surface area contributed by atoms with Gasteiger partial charge in [0, 0.05) is 24.5 Å². The van der Waals surface area contributed by atoms with Gasteiger partial charge in [0.2, 0.25) is 0 Å². The topological polar surface area (TPSA) is 73.3 Å². The minimum atomic E-state index is -0.966. The van der Waals surface area contributed by atoms with Gasteiger partial charge in [0.25, 0.3) is 0 Å². The van der Waals surface area contributed by atoms with Gasteiger partial charge in [-0.25, -0.2) is 8.78 Å². The lowest BCUT2D eigenvalue weighted by molar-refractivity contribution is 0.106. The number of hydrogen-bond donors (Lipinski definition) is 2. The molecule has 0 bridgehead atoms. The number of nitrogens with zero attached hydrogens (tertiary/aromatic N) is 2. The monoisotopic (exact) mass is 335 g/mol. The molecule has 23 heavy (non-hydrogen) atoms. The number of benzene rings is 1. The number of thiophene rings is 1. The van der Waals surface area contributed by atoms with Gasteiger partial charge in [-0.3, -0.25) is 4.90 Å². The van der Waals surface area contributed by atoms with Gasteiger partial charge < -0.3 is 10.8 Å². The number of aliphatic hydroxyl groups excluding tert-OH is 1. The lowest BCUT2D eigenvalue weighted by Crippen LogP contribution is -2.33. The molecule has 2 heterocycles. The van der Waals surface area contributed by atoms with Gasteiger partial charge >= 0.3 is 0 Å². The molecule has 7 heteroatoms. The molecular formula is C16H15F2N3OS. The van der Waals surface area contributed by atoms with E-state index in [-0.39, 0.29) is 0 Å². The first kappa shape index (κ1) is 15.9. The van der Waals surface area contributed by atoms with E-state index in [9.17, 15) is 13.9 Å². The summed E-state index contributed by atoms with van der Waals surface area (Å²) in [6, 6.07) is 5.56. The van der Waals surface area contributed by atoms with E-state index in [4.69, 9.17) is 11.0 Å². The number of halogens is 2. The number of β-amino-alcohol motifs (C(OH)–C–C–N with tert-alkyl or cyclic N) is 1. The van der Waals surface area contributed by atoms with Crippen molar-refractivity contribution in [3.8, 4) is 6.07 Å². The molecule has 3 N–H and O–H groups in total. The number of aliphatic hydroxyl groups is 1. The smallest absolute Gasteiger partial charge is 0.159 e. The Labute approximate surface area is 136 Å². The second-order valence-electron chi connectivity index (χ2n) is 5.53. The molecule has 1 aromatic heterocycles. The van der Waals surface area contributed by atoms with Crippen LogP contribution in [0.2, 0.25) is 0 Å². The normalized spacial score (nSPS) is 15.9. The van der Waals surface area contributed by atoms with Crippen LogP contribution in [0.5, 0.6) is 0 Å². The fourth-order valence-electron chi connectivity index (χ4n) is 2.83. The van der Waals surface area contributed by atoms with E-state index >= 15 is 0 Å². The van der Waals surface area contributed by atoms with Crippen LogP contribution in [0.4, 0.5) is 13.8 Å². The van der Waals surface area contributed by atoms with Crippen molar-refractivity contribution in [1.29, 1.82) is 5.26 Å². The highest BCUT2D eigenvalue weighted by atomic mass is 32.1. The number of rotatable bonds is 3. The van der Waals surface area contributed by atoms with Crippen molar-refractivity contribution in [2.75, 3.05) is 18.8 Å². The Balaban J connectivity index is 1.72. The van der Waals surface area contributed by atoms with Gasteiger partial charge in [0.15, 0.2) is 11.6 Å². The van der Waals surface area contributed by atoms with Gasteiger partial charge in [-0.1, -0.05) is 6.07 Å². The van der Waals surface area contributed by atoms with Crippen molar-refractivity contribution >= 4 is 16.3 Å². The van der Waals surface area contributed by atoms with Crippen LogP contribution in [-0.4, -0.2) is 23.1 Å². The summed E-state index contributed by atoms with van der Waals surface area (Å²) in [5, 5.41) is 19.9. The minimum absolute atomic E-state index is 0.310. The van der Waals surface area contributed by atoms with E-state index in [1.165, 1.54) is 17.4 Å². The van der Waals surface area contributed by atoms with Crippen LogP contribution in [-0.2, 0) is 13.0 Å². The van der Waals surface area contributed by atoms with Crippen LogP contribution < -0.4 is 5.73 Å². The van der Waals surface area contributed by atoms with Crippen LogP contribution in [0.1, 0.15) is 27.7 Å². The molecule has 1 aromatic carbocycles. The Morgan fingerprint density at radius 2 is 2.17 bits per heavy atom. The highest BCUT2D eigenvalue weighted by Crippen LogP contribution is 2.35. The van der Waals surface area contributed by atoms with E-state index in [1.807, 2.05) is 4.90 Å². The van der Waals surface area contributed by atoms with Crippen LogP contribution in [0.25, 0.3) is 0 Å². The largest absolute Gasteiger partial charge is 0.389 e. The molecule has 1 aliphatic rings. The van der Waals surface area contributed by atoms with Gasteiger partial charge in [0.05, 0.1) is 11.7 Å². The maximum absolute atomic E-state index is 13.3. The van der Waals surface area contributed by atoms with Crippen molar-refractivity contribution in [3.05, 3.63) is 51.4 Å². The Hall–Kier alpha value is -2.01.